The van der Waals surface area contributed by atoms with Crippen molar-refractivity contribution < 1.29 is 18.0 Å². The molecular weight excluding hydrogens is 569 g/mol. The summed E-state index contributed by atoms with van der Waals surface area (Å²) >= 11 is 12.3. The third-order valence-corrected chi connectivity index (χ3v) is 9.30. The molecule has 0 radical (unpaired) electrons. The molecule has 3 rings (SSSR count). The van der Waals surface area contributed by atoms with Gasteiger partial charge in [-0.1, -0.05) is 72.9 Å². The molecule has 2 amide bonds. The molecule has 7 nitrogen and oxygen atoms in total. The summed E-state index contributed by atoms with van der Waals surface area (Å²) in [6.45, 7) is 7.35. The van der Waals surface area contributed by atoms with Crippen molar-refractivity contribution in [2.45, 2.75) is 58.0 Å². The van der Waals surface area contributed by atoms with Crippen LogP contribution in [0.4, 0.5) is 5.69 Å². The van der Waals surface area contributed by atoms with Crippen molar-refractivity contribution in [1.82, 2.24) is 10.2 Å². The summed E-state index contributed by atoms with van der Waals surface area (Å²) in [7, 11) is -4.12. The van der Waals surface area contributed by atoms with Gasteiger partial charge in [0, 0.05) is 13.1 Å². The van der Waals surface area contributed by atoms with Gasteiger partial charge in [0.2, 0.25) is 11.8 Å². The van der Waals surface area contributed by atoms with Gasteiger partial charge in [-0.3, -0.25) is 13.9 Å². The van der Waals surface area contributed by atoms with E-state index in [-0.39, 0.29) is 17.3 Å². The van der Waals surface area contributed by atoms with Crippen molar-refractivity contribution in [3.8, 4) is 0 Å². The lowest BCUT2D eigenvalue weighted by Crippen LogP contribution is -2.51. The smallest absolute Gasteiger partial charge is 0.264 e. The first-order valence-corrected chi connectivity index (χ1v) is 15.3. The highest BCUT2D eigenvalue weighted by Gasteiger charge is 2.33. The lowest BCUT2D eigenvalue weighted by molar-refractivity contribution is -0.139. The van der Waals surface area contributed by atoms with Crippen LogP contribution >= 0.6 is 23.2 Å². The zero-order valence-electron chi connectivity index (χ0n) is 23.2. The monoisotopic (exact) mass is 603 g/mol. The minimum absolute atomic E-state index is 0.0319. The number of aryl methyl sites for hydroxylation is 1. The second-order valence-electron chi connectivity index (χ2n) is 9.63. The highest BCUT2D eigenvalue weighted by molar-refractivity contribution is 7.92. The molecule has 1 N–H and O–H groups in total. The molecule has 0 saturated heterocycles. The van der Waals surface area contributed by atoms with E-state index < -0.39 is 28.5 Å². The lowest BCUT2D eigenvalue weighted by atomic mass is 10.1. The summed E-state index contributed by atoms with van der Waals surface area (Å²) in [6.07, 6.45) is 1.71. The van der Waals surface area contributed by atoms with Gasteiger partial charge < -0.3 is 10.2 Å². The van der Waals surface area contributed by atoms with E-state index in [4.69, 9.17) is 23.2 Å². The minimum atomic E-state index is -4.12. The van der Waals surface area contributed by atoms with Crippen molar-refractivity contribution in [1.29, 1.82) is 0 Å². The first-order valence-electron chi connectivity index (χ1n) is 13.1. The fourth-order valence-electron chi connectivity index (χ4n) is 4.19. The molecule has 10 heteroatoms. The highest BCUT2D eigenvalue weighted by atomic mass is 35.5. The van der Waals surface area contributed by atoms with E-state index in [1.807, 2.05) is 26.8 Å². The van der Waals surface area contributed by atoms with Crippen LogP contribution in [0.3, 0.4) is 0 Å². The number of halogens is 2. The van der Waals surface area contributed by atoms with Crippen molar-refractivity contribution in [2.24, 2.45) is 0 Å². The fourth-order valence-corrected chi connectivity index (χ4v) is 6.01. The van der Waals surface area contributed by atoms with Crippen LogP contribution in [0.5, 0.6) is 0 Å². The second-order valence-corrected chi connectivity index (χ2v) is 12.3. The highest BCUT2D eigenvalue weighted by Crippen LogP contribution is 2.29. The Morgan fingerprint density at radius 1 is 0.950 bits per heavy atom. The molecule has 0 aliphatic carbocycles. The number of benzene rings is 3. The van der Waals surface area contributed by atoms with Gasteiger partial charge in [0.1, 0.15) is 12.6 Å². The summed E-state index contributed by atoms with van der Waals surface area (Å²) in [6, 6.07) is 17.4. The zero-order valence-corrected chi connectivity index (χ0v) is 25.5. The van der Waals surface area contributed by atoms with Crippen LogP contribution in [0.2, 0.25) is 10.0 Å². The van der Waals surface area contributed by atoms with Gasteiger partial charge in [-0.15, -0.1) is 0 Å². The molecule has 3 aromatic rings. The van der Waals surface area contributed by atoms with E-state index in [9.17, 15) is 18.0 Å². The van der Waals surface area contributed by atoms with Gasteiger partial charge in [-0.2, -0.15) is 0 Å². The Hall–Kier alpha value is -3.07. The largest absolute Gasteiger partial charge is 0.354 e. The van der Waals surface area contributed by atoms with Gasteiger partial charge >= 0.3 is 0 Å². The number of anilines is 1. The van der Waals surface area contributed by atoms with Crippen molar-refractivity contribution in [3.63, 3.8) is 0 Å². The van der Waals surface area contributed by atoms with Crippen molar-refractivity contribution in [3.05, 3.63) is 93.5 Å². The molecule has 3 aromatic carbocycles. The van der Waals surface area contributed by atoms with Crippen LogP contribution in [0.25, 0.3) is 0 Å². The summed E-state index contributed by atoms with van der Waals surface area (Å²) in [4.78, 5) is 28.5. The average Bonchev–Trinajstić information content (AvgIpc) is 2.94. The molecule has 0 aliphatic rings. The Bertz CT molecular complexity index is 1450. The summed E-state index contributed by atoms with van der Waals surface area (Å²) in [5.74, 6) is -0.865. The summed E-state index contributed by atoms with van der Waals surface area (Å²) in [5, 5.41) is 3.55. The van der Waals surface area contributed by atoms with E-state index in [0.717, 1.165) is 28.3 Å². The van der Waals surface area contributed by atoms with Crippen LogP contribution in [-0.2, 0) is 26.2 Å². The maximum atomic E-state index is 14.0. The Labute approximate surface area is 247 Å². The zero-order chi connectivity index (χ0) is 29.4. The van der Waals surface area contributed by atoms with Gasteiger partial charge in [-0.05, 0) is 74.2 Å². The number of unbranched alkanes of at least 4 members (excludes halogenated alkanes) is 1. The molecule has 0 heterocycles. The molecule has 1 unspecified atom stereocenters. The predicted molar refractivity (Wildman–Crippen MR) is 161 cm³/mol. The minimum Gasteiger partial charge on any atom is -0.354 e. The molecule has 0 aromatic heterocycles. The molecular formula is C30H35Cl2N3O4S. The Kier molecular flexibility index (Phi) is 11.0. The van der Waals surface area contributed by atoms with Crippen LogP contribution in [0, 0.1) is 13.8 Å². The van der Waals surface area contributed by atoms with E-state index in [1.165, 1.54) is 17.0 Å². The van der Waals surface area contributed by atoms with Gasteiger partial charge in [-0.25, -0.2) is 8.42 Å². The first kappa shape index (κ1) is 31.5. The Balaban J connectivity index is 2.04. The quantitative estimate of drug-likeness (QED) is 0.252. The average molecular weight is 605 g/mol. The number of hydrogen-bond acceptors (Lipinski definition) is 4. The third kappa shape index (κ3) is 7.56. The van der Waals surface area contributed by atoms with Crippen LogP contribution in [0.15, 0.2) is 71.6 Å². The number of carbonyl (C=O) groups excluding carboxylic acids is 2. The number of carbonyl (C=O) groups is 2. The molecule has 1 atom stereocenters. The number of nitrogens with one attached hydrogen (secondary N) is 1. The van der Waals surface area contributed by atoms with Crippen LogP contribution in [-0.4, -0.2) is 44.3 Å². The predicted octanol–water partition coefficient (Wildman–Crippen LogP) is 6.14. The third-order valence-electron chi connectivity index (χ3n) is 6.79. The van der Waals surface area contributed by atoms with Gasteiger partial charge in [0.25, 0.3) is 10.0 Å². The number of sulfonamides is 1. The summed E-state index contributed by atoms with van der Waals surface area (Å²) in [5.41, 5.74) is 2.66. The SMILES string of the molecule is CCCCNC(=O)C(C)N(Cc1ccc(Cl)c(Cl)c1)C(=O)CN(c1cccc(C)c1C)S(=O)(=O)c1ccccc1. The van der Waals surface area contributed by atoms with Gasteiger partial charge in [0.05, 0.1) is 20.6 Å². The molecule has 0 bridgehead atoms. The maximum absolute atomic E-state index is 14.0. The maximum Gasteiger partial charge on any atom is 0.264 e. The van der Waals surface area contributed by atoms with Crippen LogP contribution in [0.1, 0.15) is 43.4 Å². The van der Waals surface area contributed by atoms with Gasteiger partial charge in [0.15, 0.2) is 0 Å². The fraction of sp³-hybridized carbons (Fsp3) is 0.333. The Morgan fingerprint density at radius 2 is 1.65 bits per heavy atom. The number of hydrogen-bond donors (Lipinski definition) is 1. The van der Waals surface area contributed by atoms with Crippen LogP contribution < -0.4 is 9.62 Å². The summed E-state index contributed by atoms with van der Waals surface area (Å²) < 4.78 is 29.0. The number of rotatable bonds is 12. The van der Waals surface area contributed by atoms with E-state index in [2.05, 4.69) is 5.32 Å². The molecule has 214 valence electrons. The molecule has 0 spiro atoms. The van der Waals surface area contributed by atoms with E-state index in [0.29, 0.717) is 27.8 Å². The molecule has 0 saturated carbocycles. The topological polar surface area (TPSA) is 86.8 Å². The lowest BCUT2D eigenvalue weighted by Gasteiger charge is -2.32. The van der Waals surface area contributed by atoms with Crippen molar-refractivity contribution >= 4 is 50.7 Å². The van der Waals surface area contributed by atoms with E-state index in [1.54, 1.807) is 55.5 Å². The standard InChI is InChI=1S/C30H35Cl2N3O4S/c1-5-6-17-33-30(37)23(4)34(19-24-15-16-26(31)27(32)18-24)29(36)20-35(28-14-10-11-21(2)22(28)3)40(38,39)25-12-8-7-9-13-25/h7-16,18,23H,5-6,17,19-20H2,1-4H3,(H,33,37). The molecule has 0 aliphatic heterocycles. The molecule has 0 fully saturated rings. The second kappa shape index (κ2) is 14.0. The number of nitrogens with zero attached hydrogens (tertiary/aromatic N) is 2. The van der Waals surface area contributed by atoms with Crippen molar-refractivity contribution in [2.75, 3.05) is 17.4 Å². The Morgan fingerprint density at radius 3 is 2.30 bits per heavy atom. The number of amides is 2. The first-order chi connectivity index (χ1) is 19.0. The van der Waals surface area contributed by atoms with E-state index >= 15 is 0 Å². The molecule has 40 heavy (non-hydrogen) atoms. The normalized spacial score (nSPS) is 12.1.